The standard InChI is InChI=1S/C18H36N2O/c1-5-16(2,3)15-7-10-18(13-19,11-8-15)20-14-17(4)9-6-12-21-17/h15,20H,5-14,19H2,1-4H3. The Morgan fingerprint density at radius 1 is 1.24 bits per heavy atom. The van der Waals surface area contributed by atoms with E-state index in [0.717, 1.165) is 25.6 Å². The first-order chi connectivity index (χ1) is 9.85. The molecule has 1 aliphatic carbocycles. The lowest BCUT2D eigenvalue weighted by Crippen LogP contribution is -2.57. The van der Waals surface area contributed by atoms with E-state index in [4.69, 9.17) is 10.5 Å². The molecule has 124 valence electrons. The number of nitrogens with one attached hydrogen (secondary N) is 1. The molecule has 3 nitrogen and oxygen atoms in total. The Kier molecular flexibility index (Phi) is 5.38. The van der Waals surface area contributed by atoms with Crippen molar-refractivity contribution in [3.05, 3.63) is 0 Å². The fraction of sp³-hybridized carbons (Fsp3) is 1.00. The summed E-state index contributed by atoms with van der Waals surface area (Å²) in [5, 5.41) is 3.81. The molecule has 1 unspecified atom stereocenters. The van der Waals surface area contributed by atoms with E-state index >= 15 is 0 Å². The molecule has 0 aromatic rings. The summed E-state index contributed by atoms with van der Waals surface area (Å²) in [5.74, 6) is 0.849. The lowest BCUT2D eigenvalue weighted by molar-refractivity contribution is 0.00810. The molecule has 3 heteroatoms. The first-order valence-corrected chi connectivity index (χ1v) is 8.94. The Balaban J connectivity index is 1.89. The van der Waals surface area contributed by atoms with E-state index in [1.165, 1.54) is 44.9 Å². The van der Waals surface area contributed by atoms with Crippen LogP contribution in [0.4, 0.5) is 0 Å². The van der Waals surface area contributed by atoms with Gasteiger partial charge in [-0.05, 0) is 56.8 Å². The van der Waals surface area contributed by atoms with Crippen LogP contribution >= 0.6 is 0 Å². The Morgan fingerprint density at radius 2 is 1.90 bits per heavy atom. The van der Waals surface area contributed by atoms with E-state index in [0.29, 0.717) is 5.41 Å². The van der Waals surface area contributed by atoms with Crippen molar-refractivity contribution in [2.24, 2.45) is 17.1 Å². The van der Waals surface area contributed by atoms with Crippen LogP contribution in [0.15, 0.2) is 0 Å². The lowest BCUT2D eigenvalue weighted by atomic mass is 9.65. The number of hydrogen-bond donors (Lipinski definition) is 2. The molecule has 0 spiro atoms. The van der Waals surface area contributed by atoms with Crippen LogP contribution < -0.4 is 11.1 Å². The molecule has 1 atom stereocenters. The zero-order chi connectivity index (χ0) is 15.6. The molecule has 2 aliphatic rings. The third-order valence-corrected chi connectivity index (χ3v) is 6.49. The largest absolute Gasteiger partial charge is 0.374 e. The molecule has 0 amide bonds. The average molecular weight is 296 g/mol. The Morgan fingerprint density at radius 3 is 2.38 bits per heavy atom. The summed E-state index contributed by atoms with van der Waals surface area (Å²) in [7, 11) is 0. The maximum absolute atomic E-state index is 6.15. The predicted octanol–water partition coefficient (Wildman–Crippen LogP) is 3.47. The van der Waals surface area contributed by atoms with Crippen molar-refractivity contribution >= 4 is 0 Å². The van der Waals surface area contributed by atoms with Crippen molar-refractivity contribution in [2.45, 2.75) is 83.8 Å². The maximum atomic E-state index is 6.15. The number of rotatable bonds is 6. The van der Waals surface area contributed by atoms with E-state index in [9.17, 15) is 0 Å². The van der Waals surface area contributed by atoms with Gasteiger partial charge in [-0.15, -0.1) is 0 Å². The van der Waals surface area contributed by atoms with Crippen LogP contribution in [0.1, 0.15) is 72.6 Å². The minimum Gasteiger partial charge on any atom is -0.374 e. The number of ether oxygens (including phenoxy) is 1. The predicted molar refractivity (Wildman–Crippen MR) is 89.4 cm³/mol. The van der Waals surface area contributed by atoms with E-state index in [2.05, 4.69) is 33.0 Å². The van der Waals surface area contributed by atoms with Gasteiger partial charge >= 0.3 is 0 Å². The number of hydrogen-bond acceptors (Lipinski definition) is 3. The zero-order valence-electron chi connectivity index (χ0n) is 14.6. The topological polar surface area (TPSA) is 47.3 Å². The van der Waals surface area contributed by atoms with Crippen LogP contribution in [0.3, 0.4) is 0 Å². The summed E-state index contributed by atoms with van der Waals surface area (Å²) < 4.78 is 5.91. The molecule has 0 aromatic heterocycles. The molecule has 2 fully saturated rings. The second kappa shape index (κ2) is 6.55. The van der Waals surface area contributed by atoms with E-state index in [1.807, 2.05) is 0 Å². The van der Waals surface area contributed by atoms with Crippen molar-refractivity contribution in [3.8, 4) is 0 Å². The third-order valence-electron chi connectivity index (χ3n) is 6.49. The Labute approximate surface area is 131 Å². The van der Waals surface area contributed by atoms with E-state index in [1.54, 1.807) is 0 Å². The van der Waals surface area contributed by atoms with Gasteiger partial charge in [0.05, 0.1) is 5.60 Å². The second-order valence-electron chi connectivity index (χ2n) is 8.36. The number of nitrogens with two attached hydrogens (primary N) is 1. The molecule has 0 aromatic carbocycles. The minimum absolute atomic E-state index is 0.0295. The van der Waals surface area contributed by atoms with Gasteiger partial charge < -0.3 is 15.8 Å². The van der Waals surface area contributed by atoms with Gasteiger partial charge in [0.2, 0.25) is 0 Å². The van der Waals surface area contributed by atoms with Gasteiger partial charge in [-0.3, -0.25) is 0 Å². The SMILES string of the molecule is CCC(C)(C)C1CCC(CN)(NCC2(C)CCCO2)CC1. The molecular weight excluding hydrogens is 260 g/mol. The molecule has 1 saturated heterocycles. The highest BCUT2D eigenvalue weighted by Gasteiger charge is 2.40. The minimum atomic E-state index is 0.0295. The third kappa shape index (κ3) is 4.00. The lowest BCUT2D eigenvalue weighted by Gasteiger charge is -2.46. The van der Waals surface area contributed by atoms with Gasteiger partial charge in [-0.25, -0.2) is 0 Å². The molecule has 1 heterocycles. The van der Waals surface area contributed by atoms with Gasteiger partial charge in [0.25, 0.3) is 0 Å². The van der Waals surface area contributed by atoms with Crippen molar-refractivity contribution < 1.29 is 4.74 Å². The quantitative estimate of drug-likeness (QED) is 0.789. The summed E-state index contributed by atoms with van der Waals surface area (Å²) in [6.45, 7) is 12.0. The summed E-state index contributed by atoms with van der Waals surface area (Å²) in [4.78, 5) is 0. The Bertz CT molecular complexity index is 326. The highest BCUT2D eigenvalue weighted by atomic mass is 16.5. The molecule has 21 heavy (non-hydrogen) atoms. The van der Waals surface area contributed by atoms with Crippen molar-refractivity contribution in [1.29, 1.82) is 0 Å². The highest BCUT2D eigenvalue weighted by molar-refractivity contribution is 4.98. The van der Waals surface area contributed by atoms with Crippen molar-refractivity contribution in [3.63, 3.8) is 0 Å². The van der Waals surface area contributed by atoms with Crippen LogP contribution in [0.2, 0.25) is 0 Å². The first kappa shape index (κ1) is 17.2. The molecule has 1 aliphatic heterocycles. The van der Waals surface area contributed by atoms with Crippen LogP contribution in [0.5, 0.6) is 0 Å². The molecule has 2 rings (SSSR count). The normalized spacial score (nSPS) is 37.9. The summed E-state index contributed by atoms with van der Waals surface area (Å²) in [6, 6.07) is 0. The maximum Gasteiger partial charge on any atom is 0.0779 e. The van der Waals surface area contributed by atoms with Crippen LogP contribution in [-0.2, 0) is 4.74 Å². The van der Waals surface area contributed by atoms with E-state index in [-0.39, 0.29) is 11.1 Å². The second-order valence-corrected chi connectivity index (χ2v) is 8.36. The highest BCUT2D eigenvalue weighted by Crippen LogP contribution is 2.43. The first-order valence-electron chi connectivity index (χ1n) is 8.94. The molecule has 3 N–H and O–H groups in total. The van der Waals surface area contributed by atoms with Gasteiger partial charge in [0.1, 0.15) is 0 Å². The molecule has 0 radical (unpaired) electrons. The molecular formula is C18H36N2O. The Hall–Kier alpha value is -0.120. The van der Waals surface area contributed by atoms with Gasteiger partial charge in [0, 0.05) is 25.2 Å². The smallest absolute Gasteiger partial charge is 0.0779 e. The molecule has 1 saturated carbocycles. The zero-order valence-corrected chi connectivity index (χ0v) is 14.6. The summed E-state index contributed by atoms with van der Waals surface area (Å²) >= 11 is 0. The van der Waals surface area contributed by atoms with Crippen LogP contribution in [-0.4, -0.2) is 30.8 Å². The van der Waals surface area contributed by atoms with Crippen LogP contribution in [0, 0.1) is 11.3 Å². The van der Waals surface area contributed by atoms with Crippen molar-refractivity contribution in [1.82, 2.24) is 5.32 Å². The summed E-state index contributed by atoms with van der Waals surface area (Å²) in [5.41, 5.74) is 6.80. The van der Waals surface area contributed by atoms with Crippen molar-refractivity contribution in [2.75, 3.05) is 19.7 Å². The fourth-order valence-corrected chi connectivity index (χ4v) is 4.04. The van der Waals surface area contributed by atoms with Gasteiger partial charge in [-0.2, -0.15) is 0 Å². The summed E-state index contributed by atoms with van der Waals surface area (Å²) in [6.07, 6.45) is 8.69. The monoisotopic (exact) mass is 296 g/mol. The van der Waals surface area contributed by atoms with Gasteiger partial charge in [-0.1, -0.05) is 27.2 Å². The van der Waals surface area contributed by atoms with Gasteiger partial charge in [0.15, 0.2) is 0 Å². The van der Waals surface area contributed by atoms with Crippen LogP contribution in [0.25, 0.3) is 0 Å². The fourth-order valence-electron chi connectivity index (χ4n) is 4.04. The van der Waals surface area contributed by atoms with E-state index < -0.39 is 0 Å². The average Bonchev–Trinajstić information content (AvgIpc) is 2.93. The molecule has 0 bridgehead atoms.